The zero-order valence-electron chi connectivity index (χ0n) is 9.92. The molecule has 0 aliphatic rings. The Bertz CT molecular complexity index is 170. The molecule has 98 valence electrons. The number of hydrogen-bond acceptors (Lipinski definition) is 5. The third kappa shape index (κ3) is 9.23. The average Bonchev–Trinajstić information content (AvgIpc) is 2.28. The fourth-order valence-corrected chi connectivity index (χ4v) is 1.48. The minimum absolute atomic E-state index is 0.206. The molecule has 2 unspecified atom stereocenters. The van der Waals surface area contributed by atoms with E-state index >= 15 is 0 Å². The standard InChI is InChI=1S/C10H22O5S/c1-3-9(11)5-7-14-16(13)15-8-6-10(12)4-2/h9-12H,3-8H2,1-2H3. The van der Waals surface area contributed by atoms with E-state index in [2.05, 4.69) is 0 Å². The highest BCUT2D eigenvalue weighted by molar-refractivity contribution is 7.75. The van der Waals surface area contributed by atoms with Crippen LogP contribution in [0.25, 0.3) is 0 Å². The maximum Gasteiger partial charge on any atom is 0.304 e. The molecule has 5 nitrogen and oxygen atoms in total. The molecule has 0 fully saturated rings. The van der Waals surface area contributed by atoms with Gasteiger partial charge in [0, 0.05) is 0 Å². The van der Waals surface area contributed by atoms with Gasteiger partial charge in [0.25, 0.3) is 0 Å². The van der Waals surface area contributed by atoms with E-state index in [4.69, 9.17) is 8.37 Å². The molecule has 0 spiro atoms. The van der Waals surface area contributed by atoms with Crippen LogP contribution >= 0.6 is 0 Å². The van der Waals surface area contributed by atoms with E-state index in [9.17, 15) is 14.4 Å². The summed E-state index contributed by atoms with van der Waals surface area (Å²) in [4.78, 5) is 0. The topological polar surface area (TPSA) is 76.0 Å². The van der Waals surface area contributed by atoms with Crippen molar-refractivity contribution in [2.45, 2.75) is 51.7 Å². The fourth-order valence-electron chi connectivity index (χ4n) is 0.947. The van der Waals surface area contributed by atoms with E-state index in [0.717, 1.165) is 0 Å². The van der Waals surface area contributed by atoms with E-state index in [1.807, 2.05) is 13.8 Å². The highest BCUT2D eigenvalue weighted by Crippen LogP contribution is 2.01. The van der Waals surface area contributed by atoms with Crippen molar-refractivity contribution >= 4 is 11.4 Å². The predicted octanol–water partition coefficient (Wildman–Crippen LogP) is 0.920. The molecule has 0 aliphatic carbocycles. The van der Waals surface area contributed by atoms with Crippen molar-refractivity contribution in [3.63, 3.8) is 0 Å². The lowest BCUT2D eigenvalue weighted by molar-refractivity contribution is 0.123. The molecule has 6 heteroatoms. The van der Waals surface area contributed by atoms with E-state index < -0.39 is 23.6 Å². The van der Waals surface area contributed by atoms with Gasteiger partial charge in [0.1, 0.15) is 0 Å². The van der Waals surface area contributed by atoms with Gasteiger partial charge in [-0.05, 0) is 25.7 Å². The van der Waals surface area contributed by atoms with Crippen LogP contribution in [0.2, 0.25) is 0 Å². The third-order valence-electron chi connectivity index (χ3n) is 2.20. The van der Waals surface area contributed by atoms with Gasteiger partial charge >= 0.3 is 11.4 Å². The lowest BCUT2D eigenvalue weighted by atomic mass is 10.2. The molecule has 0 heterocycles. The average molecular weight is 254 g/mol. The maximum atomic E-state index is 11.1. The van der Waals surface area contributed by atoms with Gasteiger partial charge in [0.2, 0.25) is 0 Å². The Kier molecular flexibility index (Phi) is 10.2. The molecule has 2 N–H and O–H groups in total. The highest BCUT2D eigenvalue weighted by atomic mass is 32.2. The van der Waals surface area contributed by atoms with Crippen molar-refractivity contribution < 1.29 is 22.8 Å². The molecular formula is C10H22O5S. The van der Waals surface area contributed by atoms with Gasteiger partial charge in [0.05, 0.1) is 25.4 Å². The summed E-state index contributed by atoms with van der Waals surface area (Å²) in [6.07, 6.45) is 1.36. The van der Waals surface area contributed by atoms with Gasteiger partial charge < -0.3 is 10.2 Å². The Morgan fingerprint density at radius 1 is 1.00 bits per heavy atom. The molecule has 0 amide bonds. The Morgan fingerprint density at radius 3 is 1.69 bits per heavy atom. The minimum Gasteiger partial charge on any atom is -0.393 e. The molecule has 0 bridgehead atoms. The molecule has 0 saturated heterocycles. The van der Waals surface area contributed by atoms with Gasteiger partial charge in [-0.1, -0.05) is 13.8 Å². The third-order valence-corrected chi connectivity index (χ3v) is 2.92. The van der Waals surface area contributed by atoms with Crippen LogP contribution in [0.4, 0.5) is 0 Å². The van der Waals surface area contributed by atoms with Crippen molar-refractivity contribution in [2.24, 2.45) is 0 Å². The van der Waals surface area contributed by atoms with Gasteiger partial charge in [0.15, 0.2) is 0 Å². The van der Waals surface area contributed by atoms with E-state index in [-0.39, 0.29) is 13.2 Å². The van der Waals surface area contributed by atoms with Crippen LogP contribution in [0.15, 0.2) is 0 Å². The number of rotatable bonds is 10. The van der Waals surface area contributed by atoms with Crippen molar-refractivity contribution in [1.82, 2.24) is 0 Å². The summed E-state index contributed by atoms with van der Waals surface area (Å²) in [7, 11) is 0. The van der Waals surface area contributed by atoms with Crippen LogP contribution in [0.3, 0.4) is 0 Å². The van der Waals surface area contributed by atoms with E-state index in [0.29, 0.717) is 25.7 Å². The monoisotopic (exact) mass is 254 g/mol. The van der Waals surface area contributed by atoms with Gasteiger partial charge in [-0.25, -0.2) is 0 Å². The molecule has 0 saturated carbocycles. The minimum atomic E-state index is -1.78. The Balaban J connectivity index is 3.38. The quantitative estimate of drug-likeness (QED) is 0.606. The molecule has 16 heavy (non-hydrogen) atoms. The Hall–Kier alpha value is -0.0100. The lowest BCUT2D eigenvalue weighted by Gasteiger charge is -2.08. The van der Waals surface area contributed by atoms with Crippen LogP contribution in [-0.2, 0) is 19.7 Å². The summed E-state index contributed by atoms with van der Waals surface area (Å²) in [5, 5.41) is 18.4. The van der Waals surface area contributed by atoms with E-state index in [1.54, 1.807) is 0 Å². The maximum absolute atomic E-state index is 11.1. The summed E-state index contributed by atoms with van der Waals surface area (Å²) in [6, 6.07) is 0. The number of hydrogen-bond donors (Lipinski definition) is 2. The van der Waals surface area contributed by atoms with Crippen LogP contribution in [0.1, 0.15) is 39.5 Å². The molecule has 2 atom stereocenters. The molecule has 0 aromatic heterocycles. The summed E-state index contributed by atoms with van der Waals surface area (Å²) in [6.45, 7) is 4.14. The van der Waals surface area contributed by atoms with Crippen LogP contribution in [-0.4, -0.2) is 39.8 Å². The summed E-state index contributed by atoms with van der Waals surface area (Å²) in [5.41, 5.74) is 0. The number of aliphatic hydroxyl groups is 2. The van der Waals surface area contributed by atoms with E-state index in [1.165, 1.54) is 0 Å². The summed E-state index contributed by atoms with van der Waals surface area (Å²) < 4.78 is 20.8. The summed E-state index contributed by atoms with van der Waals surface area (Å²) in [5.74, 6) is 0. The first-order chi connectivity index (χ1) is 7.60. The van der Waals surface area contributed by atoms with Gasteiger partial charge in [-0.3, -0.25) is 8.37 Å². The van der Waals surface area contributed by atoms with Crippen LogP contribution in [0.5, 0.6) is 0 Å². The second-order valence-electron chi connectivity index (χ2n) is 3.55. The zero-order chi connectivity index (χ0) is 12.4. The second kappa shape index (κ2) is 10.2. The largest absolute Gasteiger partial charge is 0.393 e. The first kappa shape index (κ1) is 16.0. The Morgan fingerprint density at radius 2 is 1.38 bits per heavy atom. The first-order valence-corrected chi connectivity index (χ1v) is 6.64. The van der Waals surface area contributed by atoms with Crippen molar-refractivity contribution in [3.05, 3.63) is 0 Å². The zero-order valence-corrected chi connectivity index (χ0v) is 10.7. The predicted molar refractivity (Wildman–Crippen MR) is 61.9 cm³/mol. The number of aliphatic hydroxyl groups excluding tert-OH is 2. The lowest BCUT2D eigenvalue weighted by Crippen LogP contribution is -2.13. The van der Waals surface area contributed by atoms with Gasteiger partial charge in [-0.15, -0.1) is 0 Å². The smallest absolute Gasteiger partial charge is 0.304 e. The normalized spacial score (nSPS) is 17.0. The molecule has 0 radical (unpaired) electrons. The molecule has 0 rings (SSSR count). The van der Waals surface area contributed by atoms with Gasteiger partial charge in [-0.2, -0.15) is 4.21 Å². The molecule has 0 aliphatic heterocycles. The second-order valence-corrected chi connectivity index (χ2v) is 4.43. The Labute approximate surface area is 99.6 Å². The molecular weight excluding hydrogens is 232 g/mol. The summed E-state index contributed by atoms with van der Waals surface area (Å²) >= 11 is -1.78. The van der Waals surface area contributed by atoms with Crippen molar-refractivity contribution in [3.8, 4) is 0 Å². The fraction of sp³-hybridized carbons (Fsp3) is 1.00. The van der Waals surface area contributed by atoms with Crippen LogP contribution in [0, 0.1) is 0 Å². The molecule has 0 aromatic carbocycles. The molecule has 0 aromatic rings. The van der Waals surface area contributed by atoms with Crippen LogP contribution < -0.4 is 0 Å². The first-order valence-electron chi connectivity index (χ1n) is 5.64. The van der Waals surface area contributed by atoms with Crippen molar-refractivity contribution in [2.75, 3.05) is 13.2 Å². The van der Waals surface area contributed by atoms with Crippen molar-refractivity contribution in [1.29, 1.82) is 0 Å². The highest BCUT2D eigenvalue weighted by Gasteiger charge is 2.06. The SMILES string of the molecule is CCC(O)CCOS(=O)OCCC(O)CC.